The molecule has 0 radical (unpaired) electrons. The van der Waals surface area contributed by atoms with Gasteiger partial charge in [-0.05, 0) is 30.3 Å². The Morgan fingerprint density at radius 2 is 2.00 bits per heavy atom. The van der Waals surface area contributed by atoms with E-state index in [9.17, 15) is 13.6 Å². The number of rotatable bonds is 6. The van der Waals surface area contributed by atoms with Gasteiger partial charge in [-0.25, -0.2) is 18.3 Å². The highest BCUT2D eigenvalue weighted by Crippen LogP contribution is 2.40. The number of hydrogen-bond donors (Lipinski definition) is 1. The lowest BCUT2D eigenvalue weighted by molar-refractivity contribution is 0.0600. The van der Waals surface area contributed by atoms with E-state index in [1.165, 1.54) is 31.1 Å². The Balaban J connectivity index is 1.78. The van der Waals surface area contributed by atoms with E-state index in [0.717, 1.165) is 9.69 Å². The van der Waals surface area contributed by atoms with E-state index in [-0.39, 0.29) is 16.6 Å². The topological polar surface area (TPSA) is 92.9 Å². The molecule has 158 valence electrons. The Hall–Kier alpha value is -2.85. The molecule has 0 bridgehead atoms. The van der Waals surface area contributed by atoms with Crippen LogP contribution in [0.25, 0.3) is 11.0 Å². The molecule has 0 saturated heterocycles. The molecule has 1 unspecified atom stereocenters. The van der Waals surface area contributed by atoms with Gasteiger partial charge in [-0.1, -0.05) is 47.6 Å². The lowest BCUT2D eigenvalue weighted by Gasteiger charge is -2.19. The van der Waals surface area contributed by atoms with E-state index in [4.69, 9.17) is 20.8 Å². The van der Waals surface area contributed by atoms with Crippen molar-refractivity contribution < 1.29 is 22.7 Å². The van der Waals surface area contributed by atoms with Gasteiger partial charge in [0.25, 0.3) is 11.3 Å². The fourth-order valence-electron chi connectivity index (χ4n) is 2.90. The Kier molecular flexibility index (Phi) is 6.28. The van der Waals surface area contributed by atoms with Gasteiger partial charge in [0, 0.05) is 22.5 Å². The lowest BCUT2D eigenvalue weighted by atomic mass is 10.2. The largest absolute Gasteiger partial charge is 0.465 e. The van der Waals surface area contributed by atoms with Crippen molar-refractivity contribution in [1.29, 1.82) is 0 Å². The summed E-state index contributed by atoms with van der Waals surface area (Å²) in [4.78, 5) is 16.9. The number of ether oxygens (including phenoxy) is 1. The number of hydrogen-bond acceptors (Lipinski definition) is 6. The molecule has 2 aromatic heterocycles. The number of anilines is 2. The predicted octanol–water partition coefficient (Wildman–Crippen LogP) is 5.69. The smallest absolute Gasteiger partial charge is 0.337 e. The number of benzene rings is 2. The maximum absolute atomic E-state index is 12.3. The number of furan rings is 1. The third-order valence-electron chi connectivity index (χ3n) is 4.26. The van der Waals surface area contributed by atoms with Crippen LogP contribution in [0.1, 0.15) is 10.4 Å². The highest BCUT2D eigenvalue weighted by Gasteiger charge is 2.24. The number of esters is 1. The Bertz CT molecular complexity index is 1260. The van der Waals surface area contributed by atoms with Crippen LogP contribution >= 0.6 is 23.4 Å². The van der Waals surface area contributed by atoms with E-state index in [2.05, 4.69) is 4.98 Å². The van der Waals surface area contributed by atoms with Crippen molar-refractivity contribution in [3.63, 3.8) is 0 Å². The molecule has 0 spiro atoms. The van der Waals surface area contributed by atoms with E-state index in [0.29, 0.717) is 21.1 Å². The molecule has 4 aromatic rings. The van der Waals surface area contributed by atoms with Crippen LogP contribution in [0.5, 0.6) is 0 Å². The molecule has 1 atom stereocenters. The van der Waals surface area contributed by atoms with E-state index < -0.39 is 17.2 Å². The summed E-state index contributed by atoms with van der Waals surface area (Å²) in [7, 11) is 1.31. The first-order valence-corrected chi connectivity index (χ1v) is 11.1. The number of carbonyl (C=O) groups is 1. The van der Waals surface area contributed by atoms with Crippen LogP contribution in [0.4, 0.5) is 11.6 Å². The number of pyridine rings is 1. The fourth-order valence-corrected chi connectivity index (χ4v) is 4.58. The number of aromatic nitrogens is 1. The van der Waals surface area contributed by atoms with Gasteiger partial charge in [0.15, 0.2) is 0 Å². The summed E-state index contributed by atoms with van der Waals surface area (Å²) < 4.78 is 34.0. The van der Waals surface area contributed by atoms with Crippen LogP contribution in [-0.2, 0) is 16.0 Å². The predicted molar refractivity (Wildman–Crippen MR) is 120 cm³/mol. The van der Waals surface area contributed by atoms with Crippen molar-refractivity contribution in [2.24, 2.45) is 0 Å². The van der Waals surface area contributed by atoms with Crippen LogP contribution in [0.3, 0.4) is 0 Å². The second-order valence-corrected chi connectivity index (χ2v) is 8.57. The number of para-hydroxylation sites is 1. The Morgan fingerprint density at radius 3 is 2.74 bits per heavy atom. The van der Waals surface area contributed by atoms with Crippen LogP contribution in [-0.4, -0.2) is 26.8 Å². The van der Waals surface area contributed by atoms with Crippen LogP contribution in [0, 0.1) is 0 Å². The highest BCUT2D eigenvalue weighted by molar-refractivity contribution is 7.99. The number of halogens is 1. The standard InChI is InChI=1S/C21H15ClN2O5S2/c1-28-21(25)14-6-4-7-16(9-14)30-20-17(11-15(22)12-23-20)24(31(26)27)19-10-13-5-2-3-8-18(13)29-19/h2-12H,1H3,(H,26,27). The van der Waals surface area contributed by atoms with Gasteiger partial charge in [0.1, 0.15) is 10.6 Å². The third-order valence-corrected chi connectivity index (χ3v) is 6.15. The highest BCUT2D eigenvalue weighted by atomic mass is 35.5. The SMILES string of the molecule is COC(=O)c1cccc(Sc2ncc(Cl)cc2N(c2cc3ccccc3o2)S(=O)O)c1. The van der Waals surface area contributed by atoms with Gasteiger partial charge in [0.05, 0.1) is 23.4 Å². The van der Waals surface area contributed by atoms with Crippen molar-refractivity contribution in [3.05, 3.63) is 77.4 Å². The minimum Gasteiger partial charge on any atom is -0.465 e. The summed E-state index contributed by atoms with van der Waals surface area (Å²) in [6.45, 7) is 0. The van der Waals surface area contributed by atoms with E-state index >= 15 is 0 Å². The Labute approximate surface area is 189 Å². The first kappa shape index (κ1) is 21.4. The maximum atomic E-state index is 12.3. The second kappa shape index (κ2) is 9.11. The second-order valence-electron chi connectivity index (χ2n) is 6.25. The van der Waals surface area contributed by atoms with E-state index in [1.807, 2.05) is 18.2 Å². The van der Waals surface area contributed by atoms with Gasteiger partial charge in [-0.3, -0.25) is 4.55 Å². The minimum absolute atomic E-state index is 0.163. The molecule has 0 saturated carbocycles. The van der Waals surface area contributed by atoms with Gasteiger partial charge >= 0.3 is 5.97 Å². The molecule has 7 nitrogen and oxygen atoms in total. The molecule has 0 aliphatic carbocycles. The summed E-state index contributed by atoms with van der Waals surface area (Å²) >= 11 is 4.89. The molecule has 10 heteroatoms. The van der Waals surface area contributed by atoms with Crippen molar-refractivity contribution in [3.8, 4) is 0 Å². The quantitative estimate of drug-likeness (QED) is 0.283. The molecular formula is C21H15ClN2O5S2. The summed E-state index contributed by atoms with van der Waals surface area (Å²) in [5.41, 5.74) is 1.23. The molecule has 0 aliphatic rings. The van der Waals surface area contributed by atoms with Crippen LogP contribution in [0.15, 0.2) is 81.2 Å². The number of carbonyl (C=O) groups excluding carboxylic acids is 1. The average Bonchev–Trinajstić information content (AvgIpc) is 3.18. The minimum atomic E-state index is -2.47. The fraction of sp³-hybridized carbons (Fsp3) is 0.0476. The lowest BCUT2D eigenvalue weighted by Crippen LogP contribution is -2.19. The van der Waals surface area contributed by atoms with Gasteiger partial charge in [-0.15, -0.1) is 0 Å². The molecule has 4 rings (SSSR count). The summed E-state index contributed by atoms with van der Waals surface area (Å²) in [5, 5.41) is 1.46. The van der Waals surface area contributed by atoms with Crippen molar-refractivity contribution in [1.82, 2.24) is 4.98 Å². The zero-order chi connectivity index (χ0) is 22.0. The summed E-state index contributed by atoms with van der Waals surface area (Å²) in [5.74, 6) is -0.302. The number of fused-ring (bicyclic) bond motifs is 1. The number of nitrogens with zero attached hydrogens (tertiary/aromatic N) is 2. The zero-order valence-electron chi connectivity index (χ0n) is 16.0. The molecule has 0 fully saturated rings. The van der Waals surface area contributed by atoms with Crippen LogP contribution < -0.4 is 4.31 Å². The summed E-state index contributed by atoms with van der Waals surface area (Å²) in [6.07, 6.45) is 1.44. The van der Waals surface area contributed by atoms with Gasteiger partial charge in [0.2, 0.25) is 5.88 Å². The van der Waals surface area contributed by atoms with Crippen molar-refractivity contribution in [2.75, 3.05) is 11.4 Å². The molecule has 2 heterocycles. The van der Waals surface area contributed by atoms with Crippen molar-refractivity contribution >= 4 is 63.1 Å². The molecule has 2 aromatic carbocycles. The molecule has 1 N–H and O–H groups in total. The van der Waals surface area contributed by atoms with Crippen LogP contribution in [0.2, 0.25) is 5.02 Å². The van der Waals surface area contributed by atoms with Crippen molar-refractivity contribution in [2.45, 2.75) is 9.92 Å². The molecule has 31 heavy (non-hydrogen) atoms. The normalized spacial score (nSPS) is 12.0. The molecular weight excluding hydrogens is 460 g/mol. The third kappa shape index (κ3) is 4.59. The Morgan fingerprint density at radius 1 is 1.19 bits per heavy atom. The number of methoxy groups -OCH3 is 1. The molecule has 0 aliphatic heterocycles. The molecule has 0 amide bonds. The first-order chi connectivity index (χ1) is 15.0. The monoisotopic (exact) mass is 474 g/mol. The average molecular weight is 475 g/mol. The van der Waals surface area contributed by atoms with E-state index in [1.54, 1.807) is 36.4 Å². The van der Waals surface area contributed by atoms with Gasteiger partial charge < -0.3 is 9.15 Å². The summed E-state index contributed by atoms with van der Waals surface area (Å²) in [6, 6.07) is 17.2. The van der Waals surface area contributed by atoms with Gasteiger partial charge in [-0.2, -0.15) is 0 Å². The first-order valence-electron chi connectivity index (χ1n) is 8.87. The zero-order valence-corrected chi connectivity index (χ0v) is 18.4. The maximum Gasteiger partial charge on any atom is 0.337 e.